The summed E-state index contributed by atoms with van der Waals surface area (Å²) in [6.45, 7) is 5.51. The van der Waals surface area contributed by atoms with E-state index in [2.05, 4.69) is 29.3 Å². The smallest absolute Gasteiger partial charge is 0.251 e. The zero-order valence-electron chi connectivity index (χ0n) is 17.5. The molecule has 2 aromatic carbocycles. The van der Waals surface area contributed by atoms with Crippen molar-refractivity contribution in [3.63, 3.8) is 0 Å². The number of hydrogen-bond donors (Lipinski definition) is 1. The Labute approximate surface area is 174 Å². The van der Waals surface area contributed by atoms with Crippen LogP contribution >= 0.6 is 0 Å². The van der Waals surface area contributed by atoms with E-state index >= 15 is 0 Å². The van der Waals surface area contributed by atoms with Crippen LogP contribution in [0.15, 0.2) is 48.5 Å². The van der Waals surface area contributed by atoms with Gasteiger partial charge in [0, 0.05) is 12.1 Å². The van der Waals surface area contributed by atoms with Gasteiger partial charge in [-0.1, -0.05) is 31.5 Å². The summed E-state index contributed by atoms with van der Waals surface area (Å²) in [5.74, 6) is 1.53. The summed E-state index contributed by atoms with van der Waals surface area (Å²) in [4.78, 5) is 15.2. The first-order valence-electron chi connectivity index (χ1n) is 10.6. The molecule has 156 valence electrons. The van der Waals surface area contributed by atoms with Crippen molar-refractivity contribution in [1.29, 1.82) is 0 Å². The molecule has 5 heteroatoms. The molecule has 0 saturated carbocycles. The van der Waals surface area contributed by atoms with Gasteiger partial charge in [-0.25, -0.2) is 0 Å². The number of likely N-dealkylation sites (tertiary alicyclic amines) is 1. The first-order chi connectivity index (χ1) is 14.2. The second kappa shape index (κ2) is 10.9. The lowest BCUT2D eigenvalue weighted by atomic mass is 10.0. The number of carbonyl (C=O) groups excluding carboxylic acids is 1. The van der Waals surface area contributed by atoms with Crippen LogP contribution in [0.4, 0.5) is 0 Å². The van der Waals surface area contributed by atoms with Gasteiger partial charge in [-0.15, -0.1) is 0 Å². The molecule has 0 aliphatic carbocycles. The van der Waals surface area contributed by atoms with Crippen LogP contribution in [0.3, 0.4) is 0 Å². The summed E-state index contributed by atoms with van der Waals surface area (Å²) in [6, 6.07) is 15.7. The number of hydrogen-bond acceptors (Lipinski definition) is 4. The van der Waals surface area contributed by atoms with Crippen LogP contribution in [0.5, 0.6) is 11.5 Å². The second-order valence-electron chi connectivity index (χ2n) is 7.47. The molecule has 1 N–H and O–H groups in total. The maximum Gasteiger partial charge on any atom is 0.251 e. The number of ether oxygens (including phenoxy) is 2. The highest BCUT2D eigenvalue weighted by Crippen LogP contribution is 2.26. The van der Waals surface area contributed by atoms with E-state index in [9.17, 15) is 4.79 Å². The number of nitrogens with zero attached hydrogens (tertiary/aromatic N) is 1. The van der Waals surface area contributed by atoms with Gasteiger partial charge >= 0.3 is 0 Å². The fourth-order valence-electron chi connectivity index (χ4n) is 3.69. The third-order valence-electron chi connectivity index (χ3n) is 5.40. The molecule has 1 fully saturated rings. The highest BCUT2D eigenvalue weighted by atomic mass is 16.5. The Balaban J connectivity index is 1.65. The molecule has 29 heavy (non-hydrogen) atoms. The molecule has 0 spiro atoms. The van der Waals surface area contributed by atoms with Crippen LogP contribution in [-0.4, -0.2) is 44.2 Å². The summed E-state index contributed by atoms with van der Waals surface area (Å²) in [5.41, 5.74) is 1.83. The molecule has 0 radical (unpaired) electrons. The summed E-state index contributed by atoms with van der Waals surface area (Å²) in [6.07, 6.45) is 4.51. The Morgan fingerprint density at radius 1 is 1.10 bits per heavy atom. The first-order valence-corrected chi connectivity index (χ1v) is 10.6. The topological polar surface area (TPSA) is 50.8 Å². The van der Waals surface area contributed by atoms with Crippen LogP contribution in [0.25, 0.3) is 0 Å². The molecule has 1 amide bonds. The highest BCUT2D eigenvalue weighted by Gasteiger charge is 2.24. The molecule has 5 nitrogen and oxygen atoms in total. The van der Waals surface area contributed by atoms with Crippen LogP contribution in [0.2, 0.25) is 0 Å². The van der Waals surface area contributed by atoms with Crippen LogP contribution in [0.1, 0.15) is 54.6 Å². The van der Waals surface area contributed by atoms with Gasteiger partial charge in [-0.3, -0.25) is 9.69 Å². The Kier molecular flexibility index (Phi) is 7.94. The zero-order valence-corrected chi connectivity index (χ0v) is 17.5. The first kappa shape index (κ1) is 21.2. The van der Waals surface area contributed by atoms with E-state index in [1.807, 2.05) is 36.4 Å². The number of unbranched alkanes of at least 4 members (excludes halogenated alkanes) is 1. The number of methoxy groups -OCH3 is 1. The van der Waals surface area contributed by atoms with E-state index < -0.39 is 0 Å². The predicted octanol–water partition coefficient (Wildman–Crippen LogP) is 4.44. The van der Waals surface area contributed by atoms with E-state index in [0.29, 0.717) is 18.7 Å². The van der Waals surface area contributed by atoms with Gasteiger partial charge in [0.05, 0.1) is 19.8 Å². The van der Waals surface area contributed by atoms with E-state index in [4.69, 9.17) is 9.47 Å². The predicted molar refractivity (Wildman–Crippen MR) is 116 cm³/mol. The fraction of sp³-hybridized carbons (Fsp3) is 0.458. The van der Waals surface area contributed by atoms with Crippen molar-refractivity contribution in [3.05, 3.63) is 59.7 Å². The summed E-state index contributed by atoms with van der Waals surface area (Å²) >= 11 is 0. The van der Waals surface area contributed by atoms with Gasteiger partial charge in [0.1, 0.15) is 11.5 Å². The second-order valence-corrected chi connectivity index (χ2v) is 7.47. The number of carbonyl (C=O) groups is 1. The minimum atomic E-state index is -0.0661. The van der Waals surface area contributed by atoms with Crippen LogP contribution in [-0.2, 0) is 0 Å². The summed E-state index contributed by atoms with van der Waals surface area (Å²) in [7, 11) is 1.67. The largest absolute Gasteiger partial charge is 0.497 e. The van der Waals surface area contributed by atoms with Crippen molar-refractivity contribution in [1.82, 2.24) is 10.2 Å². The van der Waals surface area contributed by atoms with Crippen molar-refractivity contribution in [3.8, 4) is 11.5 Å². The molecule has 0 aromatic heterocycles. The average Bonchev–Trinajstić information content (AvgIpc) is 3.29. The SMILES string of the molecule is CCCCOc1cccc(C(=O)NC[C@@H](c2ccc(OC)cc2)N2CCCC2)c1. The van der Waals surface area contributed by atoms with E-state index in [1.54, 1.807) is 7.11 Å². The molecule has 0 bridgehead atoms. The Hall–Kier alpha value is -2.53. The van der Waals surface area contributed by atoms with Crippen molar-refractivity contribution in [2.45, 2.75) is 38.6 Å². The third kappa shape index (κ3) is 5.97. The monoisotopic (exact) mass is 396 g/mol. The Morgan fingerprint density at radius 3 is 2.55 bits per heavy atom. The highest BCUT2D eigenvalue weighted by molar-refractivity contribution is 5.94. The van der Waals surface area contributed by atoms with Crippen molar-refractivity contribution in [2.75, 3.05) is 33.4 Å². The lowest BCUT2D eigenvalue weighted by Crippen LogP contribution is -2.36. The number of rotatable bonds is 10. The Morgan fingerprint density at radius 2 is 1.86 bits per heavy atom. The molecule has 0 unspecified atom stereocenters. The van der Waals surface area contributed by atoms with Gasteiger partial charge in [-0.05, 0) is 68.2 Å². The molecule has 1 aliphatic rings. The molecular weight excluding hydrogens is 364 g/mol. The van der Waals surface area contributed by atoms with Crippen LogP contribution in [0, 0.1) is 0 Å². The third-order valence-corrected chi connectivity index (χ3v) is 5.40. The molecular formula is C24H32N2O3. The summed E-state index contributed by atoms with van der Waals surface area (Å²) < 4.78 is 11.0. The van der Waals surface area contributed by atoms with Gasteiger partial charge in [0.15, 0.2) is 0 Å². The molecule has 3 rings (SSSR count). The summed E-state index contributed by atoms with van der Waals surface area (Å²) in [5, 5.41) is 3.13. The van der Waals surface area contributed by atoms with E-state index in [-0.39, 0.29) is 11.9 Å². The molecule has 1 aliphatic heterocycles. The minimum Gasteiger partial charge on any atom is -0.497 e. The maximum absolute atomic E-state index is 12.8. The van der Waals surface area contributed by atoms with E-state index in [1.165, 1.54) is 18.4 Å². The van der Waals surface area contributed by atoms with Crippen LogP contribution < -0.4 is 14.8 Å². The lowest BCUT2D eigenvalue weighted by Gasteiger charge is -2.28. The van der Waals surface area contributed by atoms with Crippen molar-refractivity contribution >= 4 is 5.91 Å². The minimum absolute atomic E-state index is 0.0661. The molecule has 1 heterocycles. The quantitative estimate of drug-likeness (QED) is 0.603. The maximum atomic E-state index is 12.8. The molecule has 1 saturated heterocycles. The lowest BCUT2D eigenvalue weighted by molar-refractivity contribution is 0.0937. The van der Waals surface area contributed by atoms with Gasteiger partial charge < -0.3 is 14.8 Å². The number of amides is 1. The van der Waals surface area contributed by atoms with E-state index in [0.717, 1.165) is 37.4 Å². The van der Waals surface area contributed by atoms with Crippen molar-refractivity contribution in [2.24, 2.45) is 0 Å². The van der Waals surface area contributed by atoms with Crippen molar-refractivity contribution < 1.29 is 14.3 Å². The van der Waals surface area contributed by atoms with Gasteiger partial charge in [0.25, 0.3) is 5.91 Å². The fourth-order valence-corrected chi connectivity index (χ4v) is 3.69. The molecule has 2 aromatic rings. The average molecular weight is 397 g/mol. The number of nitrogens with one attached hydrogen (secondary N) is 1. The normalized spacial score (nSPS) is 15.1. The van der Waals surface area contributed by atoms with Gasteiger partial charge in [-0.2, -0.15) is 0 Å². The number of benzene rings is 2. The van der Waals surface area contributed by atoms with Gasteiger partial charge in [0.2, 0.25) is 0 Å². The zero-order chi connectivity index (χ0) is 20.5. The Bertz CT molecular complexity index is 770. The standard InChI is InChI=1S/C24H32N2O3/c1-3-4-16-29-22-9-7-8-20(17-22)24(27)25-18-23(26-14-5-6-15-26)19-10-12-21(28-2)13-11-19/h7-13,17,23H,3-6,14-16,18H2,1-2H3,(H,25,27)/t23-/m0/s1. The molecule has 1 atom stereocenters.